The number of aryl methyl sites for hydroxylation is 4. The molecule has 1 nitrogen and oxygen atoms in total. The second-order valence-electron chi connectivity index (χ2n) is 10.4. The van der Waals surface area contributed by atoms with Crippen LogP contribution in [-0.4, -0.2) is 6.21 Å². The van der Waals surface area contributed by atoms with Crippen LogP contribution < -0.4 is 0 Å². The second kappa shape index (κ2) is 35.9. The van der Waals surface area contributed by atoms with E-state index in [1.807, 2.05) is 48.5 Å². The number of hydrogen-bond acceptors (Lipinski definition) is 1. The van der Waals surface area contributed by atoms with Gasteiger partial charge < -0.3 is 5.41 Å². The van der Waals surface area contributed by atoms with Gasteiger partial charge in [-0.3, -0.25) is 0 Å². The summed E-state index contributed by atoms with van der Waals surface area (Å²) in [6.45, 7) is 38.5. The fraction of sp³-hybridized carbons (Fsp3) is 0.383. The predicted octanol–water partition coefficient (Wildman–Crippen LogP) is 15.1. The third-order valence-corrected chi connectivity index (χ3v) is 7.05. The molecule has 0 amide bonds. The van der Waals surface area contributed by atoms with Crippen LogP contribution in [0.15, 0.2) is 127 Å². The Bertz CT molecular complexity index is 1280. The van der Waals surface area contributed by atoms with Crippen molar-refractivity contribution in [3.63, 3.8) is 0 Å². The molecule has 1 aliphatic rings. The highest BCUT2D eigenvalue weighted by atomic mass is 14.3. The number of benzene rings is 3. The Balaban J connectivity index is -0.000000274. The quantitative estimate of drug-likeness (QED) is 0.161. The van der Waals surface area contributed by atoms with E-state index in [0.29, 0.717) is 0 Å². The zero-order valence-electron chi connectivity index (χ0n) is 33.7. The molecular formula is C47H73N. The summed E-state index contributed by atoms with van der Waals surface area (Å²) in [4.78, 5) is 0. The molecule has 0 aromatic heterocycles. The molecule has 0 aliphatic heterocycles. The summed E-state index contributed by atoms with van der Waals surface area (Å²) < 4.78 is 0. The molecule has 0 heterocycles. The SMILES string of the molecule is C=C.C=C(C)/C(C)=C/C1=CCCC=C1.CC.CC.CC.CC=N.CCc1ccc(Cc2cccc(C)c2C)cc1.Cc1ccccc1C. The summed E-state index contributed by atoms with van der Waals surface area (Å²) in [5.41, 5.74) is 13.5. The number of rotatable bonds is 5. The summed E-state index contributed by atoms with van der Waals surface area (Å²) in [7, 11) is 0. The molecule has 3 aromatic carbocycles. The molecule has 0 spiro atoms. The molecule has 0 radical (unpaired) electrons. The zero-order chi connectivity index (χ0) is 37.9. The fourth-order valence-electron chi connectivity index (χ4n) is 3.89. The van der Waals surface area contributed by atoms with E-state index in [-0.39, 0.29) is 0 Å². The molecule has 0 atom stereocenters. The molecule has 1 heteroatoms. The van der Waals surface area contributed by atoms with Gasteiger partial charge in [0, 0.05) is 0 Å². The first-order valence-corrected chi connectivity index (χ1v) is 17.9. The highest BCUT2D eigenvalue weighted by Crippen LogP contribution is 2.18. The van der Waals surface area contributed by atoms with Crippen molar-refractivity contribution in [2.75, 3.05) is 0 Å². The van der Waals surface area contributed by atoms with E-state index in [1.165, 1.54) is 69.1 Å². The van der Waals surface area contributed by atoms with E-state index < -0.39 is 0 Å². The van der Waals surface area contributed by atoms with Crippen LogP contribution in [0.2, 0.25) is 0 Å². The van der Waals surface area contributed by atoms with Crippen LogP contribution >= 0.6 is 0 Å². The van der Waals surface area contributed by atoms with Crippen molar-refractivity contribution in [2.24, 2.45) is 0 Å². The van der Waals surface area contributed by atoms with Gasteiger partial charge in [0.25, 0.3) is 0 Å². The van der Waals surface area contributed by atoms with Crippen molar-refractivity contribution in [3.05, 3.63) is 166 Å². The molecule has 0 fully saturated rings. The van der Waals surface area contributed by atoms with Crippen molar-refractivity contribution in [1.82, 2.24) is 0 Å². The summed E-state index contributed by atoms with van der Waals surface area (Å²) in [6.07, 6.45) is 14.6. The van der Waals surface area contributed by atoms with E-state index in [1.54, 1.807) is 6.92 Å². The van der Waals surface area contributed by atoms with Gasteiger partial charge >= 0.3 is 0 Å². The van der Waals surface area contributed by atoms with E-state index in [2.05, 4.69) is 152 Å². The Morgan fingerprint density at radius 1 is 0.708 bits per heavy atom. The van der Waals surface area contributed by atoms with Crippen LogP contribution in [-0.2, 0) is 12.8 Å². The van der Waals surface area contributed by atoms with Crippen LogP contribution in [0, 0.1) is 33.1 Å². The van der Waals surface area contributed by atoms with Crippen LogP contribution in [0.3, 0.4) is 0 Å². The van der Waals surface area contributed by atoms with Gasteiger partial charge in [0.05, 0.1) is 0 Å². The maximum absolute atomic E-state index is 6.08. The summed E-state index contributed by atoms with van der Waals surface area (Å²) >= 11 is 0. The summed E-state index contributed by atoms with van der Waals surface area (Å²) in [5, 5.41) is 6.08. The van der Waals surface area contributed by atoms with Gasteiger partial charge in [0.2, 0.25) is 0 Å². The number of nitrogens with one attached hydrogen (secondary N) is 1. The van der Waals surface area contributed by atoms with Crippen molar-refractivity contribution >= 4 is 6.21 Å². The fourth-order valence-corrected chi connectivity index (χ4v) is 3.89. The smallest absolute Gasteiger partial charge is 0.00230 e. The Hall–Kier alpha value is -3.97. The molecule has 4 rings (SSSR count). The lowest BCUT2D eigenvalue weighted by Gasteiger charge is -2.09. The minimum absolute atomic E-state index is 1.04. The van der Waals surface area contributed by atoms with Gasteiger partial charge in [-0.25, -0.2) is 0 Å². The Morgan fingerprint density at radius 2 is 1.17 bits per heavy atom. The van der Waals surface area contributed by atoms with Gasteiger partial charge in [-0.2, -0.15) is 0 Å². The first-order valence-electron chi connectivity index (χ1n) is 17.9. The first kappa shape index (κ1) is 50.9. The van der Waals surface area contributed by atoms with E-state index in [4.69, 9.17) is 5.41 Å². The molecular weight excluding hydrogens is 579 g/mol. The number of allylic oxidation sites excluding steroid dienone is 7. The molecule has 0 unspecified atom stereocenters. The molecule has 3 aromatic rings. The van der Waals surface area contributed by atoms with Crippen molar-refractivity contribution in [2.45, 2.75) is 123 Å². The molecule has 0 saturated carbocycles. The van der Waals surface area contributed by atoms with E-state index in [9.17, 15) is 0 Å². The van der Waals surface area contributed by atoms with Crippen molar-refractivity contribution in [1.29, 1.82) is 5.41 Å². The van der Waals surface area contributed by atoms with Gasteiger partial charge in [-0.1, -0.05) is 152 Å². The standard InChI is InChI=1S/C17H20.C12H16.C8H10.C2H5N.3C2H6.C2H4/c1-4-15-8-10-16(11-9-15)12-17-7-5-6-13(2)14(17)3;1-10(2)11(3)9-12-7-5-4-6-8-12;1-7-5-3-4-6-8(7)2;1-2-3;4*1-2/h5-11H,4,12H2,1-3H3;5,7-9H,1,4,6H2,2-3H3;3-6H,1-2H3;2-3H,1H3;3*1-2H3;1-2H2/b;11-9+;;;;;;. The van der Waals surface area contributed by atoms with Crippen LogP contribution in [0.5, 0.6) is 0 Å². The minimum atomic E-state index is 1.04. The summed E-state index contributed by atoms with van der Waals surface area (Å²) in [6, 6.07) is 23.9. The first-order chi connectivity index (χ1) is 23.1. The zero-order valence-corrected chi connectivity index (χ0v) is 33.7. The molecule has 266 valence electrons. The average Bonchev–Trinajstić information content (AvgIpc) is 3.13. The lowest BCUT2D eigenvalue weighted by Crippen LogP contribution is -1.94. The van der Waals surface area contributed by atoms with E-state index >= 15 is 0 Å². The highest BCUT2D eigenvalue weighted by Gasteiger charge is 2.02. The van der Waals surface area contributed by atoms with Gasteiger partial charge in [-0.05, 0) is 130 Å². The number of hydrogen-bond donors (Lipinski definition) is 1. The molecule has 1 N–H and O–H groups in total. The van der Waals surface area contributed by atoms with Gasteiger partial charge in [0.15, 0.2) is 0 Å². The molecule has 48 heavy (non-hydrogen) atoms. The third-order valence-electron chi connectivity index (χ3n) is 7.05. The normalized spacial score (nSPS) is 10.4. The molecule has 0 bridgehead atoms. The van der Waals surface area contributed by atoms with E-state index in [0.717, 1.165) is 18.4 Å². The Morgan fingerprint density at radius 3 is 1.56 bits per heavy atom. The summed E-state index contributed by atoms with van der Waals surface area (Å²) in [5.74, 6) is 0. The van der Waals surface area contributed by atoms with Crippen LogP contribution in [0.25, 0.3) is 0 Å². The van der Waals surface area contributed by atoms with Crippen LogP contribution in [0.1, 0.15) is 121 Å². The average molecular weight is 652 g/mol. The maximum Gasteiger partial charge on any atom is -0.00230 e. The van der Waals surface area contributed by atoms with Crippen LogP contribution in [0.4, 0.5) is 0 Å². The van der Waals surface area contributed by atoms with Crippen molar-refractivity contribution in [3.8, 4) is 0 Å². The highest BCUT2D eigenvalue weighted by molar-refractivity contribution is 5.48. The predicted molar refractivity (Wildman–Crippen MR) is 225 cm³/mol. The topological polar surface area (TPSA) is 23.9 Å². The monoisotopic (exact) mass is 652 g/mol. The third kappa shape index (κ3) is 25.2. The Kier molecular flexibility index (Phi) is 38.0. The maximum atomic E-state index is 6.08. The van der Waals surface area contributed by atoms with Gasteiger partial charge in [0.1, 0.15) is 0 Å². The van der Waals surface area contributed by atoms with Crippen molar-refractivity contribution < 1.29 is 0 Å². The minimum Gasteiger partial charge on any atom is -0.313 e. The molecule has 1 aliphatic carbocycles. The van der Waals surface area contributed by atoms with Gasteiger partial charge in [-0.15, -0.1) is 13.2 Å². The lowest BCUT2D eigenvalue weighted by atomic mass is 9.97. The molecule has 0 saturated heterocycles. The largest absolute Gasteiger partial charge is 0.313 e. The second-order valence-corrected chi connectivity index (χ2v) is 10.4. The Labute approximate surface area is 299 Å². The lowest BCUT2D eigenvalue weighted by molar-refractivity contribution is 1.02.